The van der Waals surface area contributed by atoms with Gasteiger partial charge in [0.15, 0.2) is 8.32 Å². The first-order valence-electron chi connectivity index (χ1n) is 12.4. The van der Waals surface area contributed by atoms with Crippen LogP contribution in [0.25, 0.3) is 0 Å². The van der Waals surface area contributed by atoms with E-state index < -0.39 is 8.32 Å². The number of rotatable bonds is 7. The zero-order chi connectivity index (χ0) is 23.9. The molecule has 1 saturated heterocycles. The molecule has 0 aromatic heterocycles. The Hall–Kier alpha value is -1.88. The number of ether oxygens (including phenoxy) is 1. The summed E-state index contributed by atoms with van der Waals surface area (Å²) in [7, 11) is -0.240. The first-order chi connectivity index (χ1) is 15.6. The van der Waals surface area contributed by atoms with Crippen molar-refractivity contribution < 1.29 is 9.16 Å². The quantitative estimate of drug-likeness (QED) is 0.316. The van der Waals surface area contributed by atoms with Crippen LogP contribution >= 0.6 is 0 Å². The normalized spacial score (nSPS) is 28.0. The lowest BCUT2D eigenvalue weighted by Gasteiger charge is -2.41. The van der Waals surface area contributed by atoms with Gasteiger partial charge in [-0.3, -0.25) is 4.90 Å². The Morgan fingerprint density at radius 3 is 2.33 bits per heavy atom. The highest BCUT2D eigenvalue weighted by Gasteiger charge is 2.61. The van der Waals surface area contributed by atoms with Gasteiger partial charge in [-0.05, 0) is 54.2 Å². The van der Waals surface area contributed by atoms with Gasteiger partial charge in [-0.1, -0.05) is 75.7 Å². The molecule has 2 aromatic rings. The van der Waals surface area contributed by atoms with Gasteiger partial charge >= 0.3 is 0 Å². The van der Waals surface area contributed by atoms with Gasteiger partial charge in [-0.2, -0.15) is 0 Å². The second-order valence-corrected chi connectivity index (χ2v) is 16.1. The van der Waals surface area contributed by atoms with Crippen LogP contribution in [-0.4, -0.2) is 32.0 Å². The van der Waals surface area contributed by atoms with Crippen LogP contribution in [-0.2, 0) is 11.0 Å². The van der Waals surface area contributed by atoms with E-state index in [1.165, 1.54) is 24.0 Å². The zero-order valence-electron chi connectivity index (χ0n) is 21.3. The van der Waals surface area contributed by atoms with Gasteiger partial charge in [-0.15, -0.1) is 6.58 Å². The molecule has 4 heteroatoms. The van der Waals surface area contributed by atoms with Crippen LogP contribution in [0.3, 0.4) is 0 Å². The van der Waals surface area contributed by atoms with Crippen LogP contribution in [0.15, 0.2) is 67.3 Å². The molecule has 0 radical (unpaired) electrons. The van der Waals surface area contributed by atoms with Gasteiger partial charge in [0.1, 0.15) is 5.75 Å². The summed E-state index contributed by atoms with van der Waals surface area (Å²) in [6, 6.07) is 19.8. The minimum Gasteiger partial charge on any atom is -0.497 e. The van der Waals surface area contributed by atoms with Gasteiger partial charge in [0.05, 0.1) is 19.3 Å². The molecule has 0 N–H and O–H groups in total. The van der Waals surface area contributed by atoms with Crippen LogP contribution in [0.2, 0.25) is 18.1 Å². The number of nitrogens with zero attached hydrogens (tertiary/aromatic N) is 1. The molecule has 1 aliphatic carbocycles. The van der Waals surface area contributed by atoms with E-state index in [0.717, 1.165) is 18.7 Å². The molecule has 4 atom stereocenters. The van der Waals surface area contributed by atoms with Crippen molar-refractivity contribution in [3.05, 3.63) is 78.4 Å². The molecule has 4 rings (SSSR count). The van der Waals surface area contributed by atoms with E-state index in [1.807, 2.05) is 0 Å². The van der Waals surface area contributed by atoms with E-state index in [4.69, 9.17) is 9.16 Å². The Bertz CT molecular complexity index is 950. The van der Waals surface area contributed by atoms with Crippen molar-refractivity contribution >= 4 is 8.32 Å². The topological polar surface area (TPSA) is 21.7 Å². The number of benzene rings is 2. The zero-order valence-corrected chi connectivity index (χ0v) is 22.3. The highest BCUT2D eigenvalue weighted by atomic mass is 28.4. The number of hydrogen-bond acceptors (Lipinski definition) is 3. The van der Waals surface area contributed by atoms with E-state index in [9.17, 15) is 0 Å². The maximum atomic E-state index is 7.30. The maximum Gasteiger partial charge on any atom is 0.192 e. The summed E-state index contributed by atoms with van der Waals surface area (Å²) in [5, 5.41) is 0.174. The van der Waals surface area contributed by atoms with Crippen molar-refractivity contribution in [1.82, 2.24) is 4.90 Å². The molecule has 2 fully saturated rings. The standard InChI is InChI=1S/C29H41NO2Si/c1-8-29-20-12-15-25(29)27(32-33(6,7)28(2,3)4)26(23-13-10-9-11-14-23)30(29)21-22-16-18-24(31-5)19-17-22/h8-11,13-14,16-19,25-27H,1,12,15,20-21H2,2-7H3/t25-,26-,27+,29-/m0/s1. The summed E-state index contributed by atoms with van der Waals surface area (Å²) >= 11 is 0. The molecule has 0 bridgehead atoms. The Morgan fingerprint density at radius 1 is 1.09 bits per heavy atom. The monoisotopic (exact) mass is 463 g/mol. The van der Waals surface area contributed by atoms with Gasteiger partial charge < -0.3 is 9.16 Å². The minimum absolute atomic E-state index is 0.0343. The van der Waals surface area contributed by atoms with Gasteiger partial charge in [0.25, 0.3) is 0 Å². The third kappa shape index (κ3) is 4.33. The van der Waals surface area contributed by atoms with Crippen LogP contribution in [0, 0.1) is 5.92 Å². The summed E-state index contributed by atoms with van der Waals surface area (Å²) < 4.78 is 12.7. The second kappa shape index (κ2) is 9.05. The Labute approximate surface area is 201 Å². The number of hydrogen-bond donors (Lipinski definition) is 0. The fourth-order valence-electron chi connectivity index (χ4n) is 5.73. The number of fused-ring (bicyclic) bond motifs is 1. The van der Waals surface area contributed by atoms with Crippen molar-refractivity contribution in [2.45, 2.75) is 82.4 Å². The number of likely N-dealkylation sites (tertiary alicyclic amines) is 1. The average molecular weight is 464 g/mol. The van der Waals surface area contributed by atoms with E-state index in [0.29, 0.717) is 5.92 Å². The third-order valence-corrected chi connectivity index (χ3v) is 13.0. The Balaban J connectivity index is 1.80. The molecule has 2 aliphatic rings. The summed E-state index contributed by atoms with van der Waals surface area (Å²) in [4.78, 5) is 2.71. The van der Waals surface area contributed by atoms with Crippen LogP contribution < -0.4 is 4.74 Å². The predicted octanol–water partition coefficient (Wildman–Crippen LogP) is 7.37. The lowest BCUT2D eigenvalue weighted by molar-refractivity contribution is 0.0872. The molecule has 0 unspecified atom stereocenters. The van der Waals surface area contributed by atoms with E-state index >= 15 is 0 Å². The second-order valence-electron chi connectivity index (χ2n) is 11.4. The van der Waals surface area contributed by atoms with Crippen molar-refractivity contribution in [2.75, 3.05) is 7.11 Å². The molecule has 0 spiro atoms. The van der Waals surface area contributed by atoms with E-state index in [1.54, 1.807) is 7.11 Å². The van der Waals surface area contributed by atoms with Crippen LogP contribution in [0.4, 0.5) is 0 Å². The van der Waals surface area contributed by atoms with Crippen molar-refractivity contribution in [2.24, 2.45) is 5.92 Å². The lowest BCUT2D eigenvalue weighted by Crippen LogP contribution is -2.46. The van der Waals surface area contributed by atoms with Crippen molar-refractivity contribution in [3.8, 4) is 5.75 Å². The summed E-state index contributed by atoms with van der Waals surface area (Å²) in [5.41, 5.74) is 2.62. The summed E-state index contributed by atoms with van der Waals surface area (Å²) in [6.07, 6.45) is 6.01. The van der Waals surface area contributed by atoms with Crippen LogP contribution in [0.5, 0.6) is 5.75 Å². The molecule has 178 valence electrons. The number of methoxy groups -OCH3 is 1. The largest absolute Gasteiger partial charge is 0.497 e. The fourth-order valence-corrected chi connectivity index (χ4v) is 7.06. The SMILES string of the molecule is C=C[C@]12CCC[C@H]1[C@@H](O[Si](C)(C)C(C)(C)C)[C@H](c1ccccc1)N2Cc1ccc(OC)cc1. The smallest absolute Gasteiger partial charge is 0.192 e. The van der Waals surface area contributed by atoms with Gasteiger partial charge in [-0.25, -0.2) is 0 Å². The first-order valence-corrected chi connectivity index (χ1v) is 15.3. The Kier molecular flexibility index (Phi) is 6.65. The van der Waals surface area contributed by atoms with Gasteiger partial charge in [0, 0.05) is 18.0 Å². The van der Waals surface area contributed by atoms with E-state index in [2.05, 4.69) is 106 Å². The maximum absolute atomic E-state index is 7.30. The molecule has 1 saturated carbocycles. The van der Waals surface area contributed by atoms with E-state index in [-0.39, 0.29) is 22.7 Å². The third-order valence-electron chi connectivity index (χ3n) is 8.56. The lowest BCUT2D eigenvalue weighted by atomic mass is 9.86. The van der Waals surface area contributed by atoms with Crippen molar-refractivity contribution in [1.29, 1.82) is 0 Å². The van der Waals surface area contributed by atoms with Gasteiger partial charge in [0.2, 0.25) is 0 Å². The molecule has 1 heterocycles. The molecule has 3 nitrogen and oxygen atoms in total. The van der Waals surface area contributed by atoms with Crippen molar-refractivity contribution in [3.63, 3.8) is 0 Å². The minimum atomic E-state index is -1.96. The highest BCUT2D eigenvalue weighted by molar-refractivity contribution is 6.74. The molecular formula is C29H41NO2Si. The highest BCUT2D eigenvalue weighted by Crippen LogP contribution is 2.58. The summed E-state index contributed by atoms with van der Waals surface area (Å²) in [6.45, 7) is 17.1. The molecule has 0 amide bonds. The Morgan fingerprint density at radius 2 is 1.76 bits per heavy atom. The average Bonchev–Trinajstić information content (AvgIpc) is 3.32. The predicted molar refractivity (Wildman–Crippen MR) is 140 cm³/mol. The molecular weight excluding hydrogens is 422 g/mol. The first kappa shape index (κ1) is 24.2. The molecule has 1 aliphatic heterocycles. The molecule has 2 aromatic carbocycles. The fraction of sp³-hybridized carbons (Fsp3) is 0.517. The summed E-state index contributed by atoms with van der Waals surface area (Å²) in [5.74, 6) is 1.36. The van der Waals surface area contributed by atoms with Crippen LogP contribution in [0.1, 0.15) is 57.2 Å². The molecule has 33 heavy (non-hydrogen) atoms.